The van der Waals surface area contributed by atoms with E-state index in [1.54, 1.807) is 11.1 Å². The molecule has 1 saturated heterocycles. The molecule has 0 bridgehead atoms. The van der Waals surface area contributed by atoms with Crippen LogP contribution in [-0.2, 0) is 21.4 Å². The number of nitrogen functional groups attached to an aromatic ring is 1. The fourth-order valence-corrected chi connectivity index (χ4v) is 3.10. The number of nitrogens with one attached hydrogen (secondary N) is 1. The van der Waals surface area contributed by atoms with Crippen LogP contribution in [0.3, 0.4) is 0 Å². The minimum absolute atomic E-state index is 0.0362. The van der Waals surface area contributed by atoms with Crippen LogP contribution in [0.2, 0.25) is 0 Å². The second-order valence-electron chi connectivity index (χ2n) is 5.02. The van der Waals surface area contributed by atoms with Crippen molar-refractivity contribution < 1.29 is 13.2 Å². The zero-order valence-electron chi connectivity index (χ0n) is 11.3. The molecule has 1 amide bonds. The summed E-state index contributed by atoms with van der Waals surface area (Å²) in [5.74, 6) is -0.0362. The van der Waals surface area contributed by atoms with Crippen molar-refractivity contribution >= 4 is 21.6 Å². The van der Waals surface area contributed by atoms with E-state index in [0.29, 0.717) is 31.6 Å². The predicted octanol–water partition coefficient (Wildman–Crippen LogP) is -0.994. The van der Waals surface area contributed by atoms with E-state index in [1.807, 2.05) is 0 Å². The number of hydrogen-bond donors (Lipinski definition) is 2. The maximum absolute atomic E-state index is 12.1. The van der Waals surface area contributed by atoms with Gasteiger partial charge in [-0.25, -0.2) is 13.1 Å². The van der Waals surface area contributed by atoms with Gasteiger partial charge in [-0.15, -0.1) is 0 Å². The maximum Gasteiger partial charge on any atom is 0.244 e. The Hall–Kier alpha value is -1.61. The van der Waals surface area contributed by atoms with Crippen LogP contribution < -0.4 is 10.5 Å². The summed E-state index contributed by atoms with van der Waals surface area (Å²) in [6.45, 7) is 1.24. The normalized spacial score (nSPS) is 17.4. The molecule has 1 aromatic heterocycles. The van der Waals surface area contributed by atoms with Crippen molar-refractivity contribution in [3.05, 3.63) is 12.4 Å². The Morgan fingerprint density at radius 3 is 2.65 bits per heavy atom. The molecule has 1 aliphatic heterocycles. The van der Waals surface area contributed by atoms with Crippen LogP contribution >= 0.6 is 0 Å². The molecule has 0 radical (unpaired) electrons. The van der Waals surface area contributed by atoms with Gasteiger partial charge in [0, 0.05) is 25.3 Å². The predicted molar refractivity (Wildman–Crippen MR) is 74.2 cm³/mol. The number of amides is 1. The van der Waals surface area contributed by atoms with Gasteiger partial charge in [-0.2, -0.15) is 5.10 Å². The first-order chi connectivity index (χ1) is 9.33. The Balaban J connectivity index is 1.83. The molecule has 112 valence electrons. The Labute approximate surface area is 118 Å². The van der Waals surface area contributed by atoms with Gasteiger partial charge >= 0.3 is 0 Å². The Morgan fingerprint density at radius 2 is 2.15 bits per heavy atom. The van der Waals surface area contributed by atoms with Crippen molar-refractivity contribution in [2.24, 2.45) is 0 Å². The molecule has 3 N–H and O–H groups in total. The molecule has 0 atom stereocenters. The average molecular weight is 301 g/mol. The third kappa shape index (κ3) is 4.20. The number of carbonyl (C=O) groups is 1. The lowest BCUT2D eigenvalue weighted by atomic mass is 10.1. The fraction of sp³-hybridized carbons (Fsp3) is 0.636. The molecule has 20 heavy (non-hydrogen) atoms. The van der Waals surface area contributed by atoms with Gasteiger partial charge < -0.3 is 10.6 Å². The number of nitrogens with two attached hydrogens (primary N) is 1. The number of aromatic nitrogens is 2. The number of rotatable bonds is 4. The van der Waals surface area contributed by atoms with Crippen molar-refractivity contribution in [2.75, 3.05) is 25.1 Å². The summed E-state index contributed by atoms with van der Waals surface area (Å²) in [5.41, 5.74) is 6.06. The number of nitrogens with zero attached hydrogens (tertiary/aromatic N) is 3. The lowest BCUT2D eigenvalue weighted by Gasteiger charge is -2.32. The minimum Gasteiger partial charge on any atom is -0.396 e. The van der Waals surface area contributed by atoms with Crippen LogP contribution in [0.5, 0.6) is 0 Å². The molecular formula is C11H19N5O3S. The number of likely N-dealkylation sites (tertiary alicyclic amines) is 1. The van der Waals surface area contributed by atoms with Crippen molar-refractivity contribution in [2.45, 2.75) is 25.4 Å². The summed E-state index contributed by atoms with van der Waals surface area (Å²) in [6.07, 6.45) is 5.50. The Kier molecular flexibility index (Phi) is 4.29. The van der Waals surface area contributed by atoms with Gasteiger partial charge in [0.25, 0.3) is 0 Å². The van der Waals surface area contributed by atoms with Crippen LogP contribution in [0.25, 0.3) is 0 Å². The number of hydrogen-bond acceptors (Lipinski definition) is 5. The fourth-order valence-electron chi connectivity index (χ4n) is 2.25. The minimum atomic E-state index is -3.19. The molecule has 2 rings (SSSR count). The first-order valence-electron chi connectivity index (χ1n) is 6.36. The van der Waals surface area contributed by atoms with Gasteiger partial charge in [0.1, 0.15) is 6.54 Å². The van der Waals surface area contributed by atoms with Crippen LogP contribution in [-0.4, -0.2) is 54.4 Å². The van der Waals surface area contributed by atoms with Gasteiger partial charge in [-0.1, -0.05) is 0 Å². The number of sulfonamides is 1. The third-order valence-electron chi connectivity index (χ3n) is 3.18. The van der Waals surface area contributed by atoms with E-state index < -0.39 is 10.0 Å². The highest BCUT2D eigenvalue weighted by Crippen LogP contribution is 2.12. The topological polar surface area (TPSA) is 110 Å². The van der Waals surface area contributed by atoms with E-state index in [1.165, 1.54) is 10.9 Å². The summed E-state index contributed by atoms with van der Waals surface area (Å²) in [5, 5.41) is 3.97. The van der Waals surface area contributed by atoms with Crippen molar-refractivity contribution in [1.29, 1.82) is 0 Å². The van der Waals surface area contributed by atoms with E-state index in [2.05, 4.69) is 9.82 Å². The molecule has 1 fully saturated rings. The van der Waals surface area contributed by atoms with E-state index in [0.717, 1.165) is 6.26 Å². The zero-order chi connectivity index (χ0) is 14.8. The average Bonchev–Trinajstić information content (AvgIpc) is 2.73. The summed E-state index contributed by atoms with van der Waals surface area (Å²) in [7, 11) is -3.19. The van der Waals surface area contributed by atoms with Gasteiger partial charge in [0.15, 0.2) is 0 Å². The Bertz CT molecular complexity index is 575. The standard InChI is InChI=1S/C11H19N5O3S/c1-20(18,19)14-10-2-4-15(5-3-10)11(17)8-16-7-9(12)6-13-16/h6-7,10,14H,2-5,8,12H2,1H3. The molecule has 0 aromatic carbocycles. The molecular weight excluding hydrogens is 282 g/mol. The van der Waals surface area contributed by atoms with Crippen molar-refractivity contribution in [3.8, 4) is 0 Å². The number of carbonyl (C=O) groups excluding carboxylic acids is 1. The summed E-state index contributed by atoms with van der Waals surface area (Å²) in [4.78, 5) is 13.8. The van der Waals surface area contributed by atoms with Gasteiger partial charge in [0.2, 0.25) is 15.9 Å². The van der Waals surface area contributed by atoms with Crippen LogP contribution in [0.4, 0.5) is 5.69 Å². The van der Waals surface area contributed by atoms with Gasteiger partial charge in [-0.3, -0.25) is 9.48 Å². The molecule has 8 nitrogen and oxygen atoms in total. The molecule has 2 heterocycles. The second kappa shape index (κ2) is 5.80. The SMILES string of the molecule is CS(=O)(=O)NC1CCN(C(=O)Cn2cc(N)cn2)CC1. The van der Waals surface area contributed by atoms with Gasteiger partial charge in [-0.05, 0) is 12.8 Å². The molecule has 1 aromatic rings. The summed E-state index contributed by atoms with van der Waals surface area (Å²) >= 11 is 0. The molecule has 0 unspecified atom stereocenters. The molecule has 0 spiro atoms. The van der Waals surface area contributed by atoms with Crippen LogP contribution in [0, 0.1) is 0 Å². The highest BCUT2D eigenvalue weighted by Gasteiger charge is 2.24. The number of piperidine rings is 1. The number of anilines is 1. The van der Waals surface area contributed by atoms with Crippen molar-refractivity contribution in [1.82, 2.24) is 19.4 Å². The largest absolute Gasteiger partial charge is 0.396 e. The zero-order valence-corrected chi connectivity index (χ0v) is 12.1. The maximum atomic E-state index is 12.1. The van der Waals surface area contributed by atoms with Gasteiger partial charge in [0.05, 0.1) is 18.1 Å². The van der Waals surface area contributed by atoms with E-state index in [9.17, 15) is 13.2 Å². The van der Waals surface area contributed by atoms with E-state index in [4.69, 9.17) is 5.73 Å². The van der Waals surface area contributed by atoms with Crippen LogP contribution in [0.1, 0.15) is 12.8 Å². The summed E-state index contributed by atoms with van der Waals surface area (Å²) < 4.78 is 26.4. The van der Waals surface area contributed by atoms with Crippen LogP contribution in [0.15, 0.2) is 12.4 Å². The quantitative estimate of drug-likeness (QED) is 0.741. The van der Waals surface area contributed by atoms with E-state index in [-0.39, 0.29) is 18.5 Å². The first-order valence-corrected chi connectivity index (χ1v) is 8.25. The van der Waals surface area contributed by atoms with Crippen molar-refractivity contribution in [3.63, 3.8) is 0 Å². The molecule has 0 aliphatic carbocycles. The smallest absolute Gasteiger partial charge is 0.244 e. The third-order valence-corrected chi connectivity index (χ3v) is 3.94. The second-order valence-corrected chi connectivity index (χ2v) is 6.80. The van der Waals surface area contributed by atoms with E-state index >= 15 is 0 Å². The highest BCUT2D eigenvalue weighted by molar-refractivity contribution is 7.88. The molecule has 9 heteroatoms. The summed E-state index contributed by atoms with van der Waals surface area (Å²) in [6, 6.07) is -0.0885. The highest BCUT2D eigenvalue weighted by atomic mass is 32.2. The molecule has 0 saturated carbocycles. The first kappa shape index (κ1) is 14.8. The lowest BCUT2D eigenvalue weighted by molar-refractivity contribution is -0.133. The lowest BCUT2D eigenvalue weighted by Crippen LogP contribution is -2.47. The Morgan fingerprint density at radius 1 is 1.50 bits per heavy atom. The molecule has 1 aliphatic rings. The monoisotopic (exact) mass is 301 g/mol.